The monoisotopic (exact) mass is 242 g/mol. The van der Waals surface area contributed by atoms with Crippen LogP contribution in [-0.2, 0) is 9.53 Å². The summed E-state index contributed by atoms with van der Waals surface area (Å²) in [7, 11) is 0. The molecule has 0 aliphatic rings. The maximum Gasteiger partial charge on any atom is 0.309 e. The van der Waals surface area contributed by atoms with Crippen molar-refractivity contribution < 1.29 is 9.53 Å². The second kappa shape index (κ2) is 6.42. The van der Waals surface area contributed by atoms with E-state index < -0.39 is 0 Å². The van der Waals surface area contributed by atoms with Crippen LogP contribution in [0.2, 0.25) is 0 Å². The molecule has 1 unspecified atom stereocenters. The van der Waals surface area contributed by atoms with Gasteiger partial charge in [-0.05, 0) is 24.2 Å². The van der Waals surface area contributed by atoms with Crippen LogP contribution in [0.15, 0.2) is 0 Å². The van der Waals surface area contributed by atoms with E-state index in [0.29, 0.717) is 6.61 Å². The lowest BCUT2D eigenvalue weighted by molar-refractivity contribution is -0.154. The average Bonchev–Trinajstić information content (AvgIpc) is 2.26. The molecule has 0 aliphatic carbocycles. The van der Waals surface area contributed by atoms with Crippen molar-refractivity contribution in [1.82, 2.24) is 0 Å². The molecule has 0 aromatic carbocycles. The highest BCUT2D eigenvalue weighted by atomic mass is 16.5. The molecule has 0 aliphatic heterocycles. The highest BCUT2D eigenvalue weighted by Gasteiger charge is 2.38. The molecule has 0 spiro atoms. The van der Waals surface area contributed by atoms with Crippen molar-refractivity contribution in [3.05, 3.63) is 0 Å². The molecule has 0 amide bonds. The minimum absolute atomic E-state index is 0.00222. The molecule has 0 aromatic heterocycles. The lowest BCUT2D eigenvalue weighted by Crippen LogP contribution is -2.35. The Balaban J connectivity index is 4.93. The first-order valence-electron chi connectivity index (χ1n) is 6.86. The van der Waals surface area contributed by atoms with Gasteiger partial charge in [-0.15, -0.1) is 0 Å². The van der Waals surface area contributed by atoms with Crippen molar-refractivity contribution in [1.29, 1.82) is 0 Å². The number of rotatable bonds is 7. The predicted molar refractivity (Wildman–Crippen MR) is 72.9 cm³/mol. The molecule has 1 atom stereocenters. The van der Waals surface area contributed by atoms with Crippen molar-refractivity contribution in [2.45, 2.75) is 67.7 Å². The highest BCUT2D eigenvalue weighted by Crippen LogP contribution is 2.40. The summed E-state index contributed by atoms with van der Waals surface area (Å²) in [6, 6.07) is 0. The van der Waals surface area contributed by atoms with Crippen LogP contribution < -0.4 is 0 Å². The number of hydrogen-bond donors (Lipinski definition) is 0. The van der Waals surface area contributed by atoms with Gasteiger partial charge in [0.15, 0.2) is 0 Å². The van der Waals surface area contributed by atoms with Gasteiger partial charge >= 0.3 is 5.97 Å². The molecule has 2 nitrogen and oxygen atoms in total. The first kappa shape index (κ1) is 16.5. The smallest absolute Gasteiger partial charge is 0.309 e. The van der Waals surface area contributed by atoms with E-state index in [2.05, 4.69) is 41.5 Å². The summed E-state index contributed by atoms with van der Waals surface area (Å²) in [5.41, 5.74) is 0.211. The zero-order valence-electron chi connectivity index (χ0n) is 12.7. The van der Waals surface area contributed by atoms with Crippen LogP contribution in [-0.4, -0.2) is 12.6 Å². The Morgan fingerprint density at radius 2 is 1.59 bits per heavy atom. The maximum atomic E-state index is 12.1. The summed E-state index contributed by atoms with van der Waals surface area (Å²) in [5.74, 6) is -0.0247. The first-order chi connectivity index (χ1) is 7.70. The fourth-order valence-electron chi connectivity index (χ4n) is 1.86. The largest absolute Gasteiger partial charge is 0.466 e. The van der Waals surface area contributed by atoms with Crippen LogP contribution in [0.3, 0.4) is 0 Å². The molecule has 0 N–H and O–H groups in total. The Hall–Kier alpha value is -0.530. The van der Waals surface area contributed by atoms with E-state index in [1.165, 1.54) is 0 Å². The van der Waals surface area contributed by atoms with E-state index in [9.17, 15) is 4.79 Å². The minimum atomic E-state index is -0.0270. The van der Waals surface area contributed by atoms with Gasteiger partial charge in [-0.25, -0.2) is 0 Å². The Bertz CT molecular complexity index is 241. The minimum Gasteiger partial charge on any atom is -0.466 e. The molecule has 0 bridgehead atoms. The van der Waals surface area contributed by atoms with E-state index >= 15 is 0 Å². The number of esters is 1. The fourth-order valence-corrected chi connectivity index (χ4v) is 1.86. The third kappa shape index (κ3) is 5.10. The van der Waals surface area contributed by atoms with Gasteiger partial charge in [0.1, 0.15) is 0 Å². The maximum absolute atomic E-state index is 12.1. The summed E-state index contributed by atoms with van der Waals surface area (Å²) >= 11 is 0. The van der Waals surface area contributed by atoms with Gasteiger partial charge in [0.25, 0.3) is 0 Å². The summed E-state index contributed by atoms with van der Waals surface area (Å²) < 4.78 is 5.24. The molecular weight excluding hydrogens is 212 g/mol. The summed E-state index contributed by atoms with van der Waals surface area (Å²) in [5, 5.41) is 0. The van der Waals surface area contributed by atoms with Crippen LogP contribution in [0.4, 0.5) is 0 Å². The second-order valence-corrected chi connectivity index (χ2v) is 6.37. The average molecular weight is 242 g/mol. The normalized spacial score (nSPS) is 14.5. The van der Waals surface area contributed by atoms with E-state index in [0.717, 1.165) is 19.3 Å². The molecule has 17 heavy (non-hydrogen) atoms. The number of hydrogen-bond acceptors (Lipinski definition) is 2. The van der Waals surface area contributed by atoms with Gasteiger partial charge in [0.05, 0.1) is 12.5 Å². The third-order valence-electron chi connectivity index (χ3n) is 4.14. The van der Waals surface area contributed by atoms with Crippen LogP contribution in [0, 0.1) is 16.7 Å². The molecule has 102 valence electrons. The molecule has 0 aromatic rings. The van der Waals surface area contributed by atoms with Crippen LogP contribution >= 0.6 is 0 Å². The van der Waals surface area contributed by atoms with Crippen molar-refractivity contribution >= 4 is 5.97 Å². The Labute approximate surface area is 107 Å². The van der Waals surface area contributed by atoms with Crippen molar-refractivity contribution in [2.24, 2.45) is 16.7 Å². The number of carbonyl (C=O) groups is 1. The highest BCUT2D eigenvalue weighted by molar-refractivity contribution is 5.73. The standard InChI is InChI=1S/C15H30O2/c1-8-14(4,5)11-12(13(16)17-10-3)15(6,7)9-2/h12H,8-11H2,1-7H3. The zero-order valence-corrected chi connectivity index (χ0v) is 12.7. The summed E-state index contributed by atoms with van der Waals surface area (Å²) in [6.45, 7) is 15.5. The topological polar surface area (TPSA) is 26.3 Å². The van der Waals surface area contributed by atoms with E-state index in [4.69, 9.17) is 4.74 Å². The molecule has 0 radical (unpaired) electrons. The third-order valence-corrected chi connectivity index (χ3v) is 4.14. The van der Waals surface area contributed by atoms with E-state index in [1.54, 1.807) is 0 Å². The van der Waals surface area contributed by atoms with Crippen molar-refractivity contribution in [3.8, 4) is 0 Å². The zero-order chi connectivity index (χ0) is 13.7. The molecule has 0 rings (SSSR count). The second-order valence-electron chi connectivity index (χ2n) is 6.37. The van der Waals surface area contributed by atoms with Crippen molar-refractivity contribution in [3.63, 3.8) is 0 Å². The van der Waals surface area contributed by atoms with Gasteiger partial charge in [-0.1, -0.05) is 54.4 Å². The molecular formula is C15H30O2. The summed E-state index contributed by atoms with van der Waals surface area (Å²) in [4.78, 5) is 12.1. The quantitative estimate of drug-likeness (QED) is 0.617. The Morgan fingerprint density at radius 3 is 1.94 bits per heavy atom. The van der Waals surface area contributed by atoms with Crippen molar-refractivity contribution in [2.75, 3.05) is 6.61 Å². The van der Waals surface area contributed by atoms with E-state index in [1.807, 2.05) is 6.92 Å². The SMILES string of the molecule is CCOC(=O)C(CC(C)(C)CC)C(C)(C)CC. The Kier molecular flexibility index (Phi) is 6.22. The van der Waals surface area contributed by atoms with Crippen LogP contribution in [0.1, 0.15) is 67.7 Å². The van der Waals surface area contributed by atoms with Gasteiger partial charge in [0.2, 0.25) is 0 Å². The number of carbonyl (C=O) groups excluding carboxylic acids is 1. The lowest BCUT2D eigenvalue weighted by Gasteiger charge is -2.37. The predicted octanol–water partition coefficient (Wildman–Crippen LogP) is 4.43. The van der Waals surface area contributed by atoms with Gasteiger partial charge in [-0.3, -0.25) is 4.79 Å². The molecule has 2 heteroatoms. The lowest BCUT2D eigenvalue weighted by atomic mass is 9.68. The van der Waals surface area contributed by atoms with Crippen LogP contribution in [0.25, 0.3) is 0 Å². The van der Waals surface area contributed by atoms with Gasteiger partial charge in [-0.2, -0.15) is 0 Å². The molecule has 0 saturated carbocycles. The number of ether oxygens (including phenoxy) is 1. The van der Waals surface area contributed by atoms with Gasteiger partial charge in [0, 0.05) is 0 Å². The molecule has 0 heterocycles. The van der Waals surface area contributed by atoms with Crippen LogP contribution in [0.5, 0.6) is 0 Å². The molecule has 0 saturated heterocycles. The first-order valence-corrected chi connectivity index (χ1v) is 6.86. The summed E-state index contributed by atoms with van der Waals surface area (Å²) in [6.07, 6.45) is 2.99. The van der Waals surface area contributed by atoms with Gasteiger partial charge < -0.3 is 4.74 Å². The van der Waals surface area contributed by atoms with E-state index in [-0.39, 0.29) is 22.7 Å². The molecule has 0 fully saturated rings. The fraction of sp³-hybridized carbons (Fsp3) is 0.933. The Morgan fingerprint density at radius 1 is 1.06 bits per heavy atom.